The monoisotopic (exact) mass is 617 g/mol. The molecule has 1 saturated heterocycles. The second-order valence-corrected chi connectivity index (χ2v) is 11.0. The summed E-state index contributed by atoms with van der Waals surface area (Å²) in [7, 11) is 0. The molecule has 2 unspecified atom stereocenters. The Balaban J connectivity index is 1.61. The van der Waals surface area contributed by atoms with Crippen LogP contribution >= 0.6 is 11.6 Å². The third-order valence-electron chi connectivity index (χ3n) is 7.73. The van der Waals surface area contributed by atoms with Gasteiger partial charge in [-0.1, -0.05) is 35.9 Å². The van der Waals surface area contributed by atoms with Gasteiger partial charge in [-0.2, -0.15) is 10.5 Å². The second-order valence-electron chi connectivity index (χ2n) is 10.6. The number of aromatic nitrogens is 2. The third kappa shape index (κ3) is 6.36. The number of nitriles is 2. The first-order valence-electron chi connectivity index (χ1n) is 13.9. The molecule has 2 aromatic carbocycles. The number of rotatable bonds is 7. The summed E-state index contributed by atoms with van der Waals surface area (Å²) in [5.74, 6) is -4.76. The molecule has 224 valence electrons. The van der Waals surface area contributed by atoms with Crippen LogP contribution in [0, 0.1) is 22.7 Å². The van der Waals surface area contributed by atoms with Crippen LogP contribution in [0.3, 0.4) is 0 Å². The van der Waals surface area contributed by atoms with E-state index >= 15 is 0 Å². The number of carbonyl (C=O) groups is 3. The Morgan fingerprint density at radius 1 is 1.07 bits per heavy atom. The van der Waals surface area contributed by atoms with Gasteiger partial charge in [0.15, 0.2) is 0 Å². The lowest BCUT2D eigenvalue weighted by Crippen LogP contribution is -2.53. The fraction of sp³-hybridized carbons (Fsp3) is 0.323. The molecule has 1 aliphatic carbocycles. The van der Waals surface area contributed by atoms with Gasteiger partial charge in [0.2, 0.25) is 23.7 Å². The van der Waals surface area contributed by atoms with Crippen molar-refractivity contribution >= 4 is 41.0 Å². The topological polar surface area (TPSA) is 143 Å². The first-order valence-corrected chi connectivity index (χ1v) is 14.3. The quantitative estimate of drug-likeness (QED) is 0.400. The van der Waals surface area contributed by atoms with Gasteiger partial charge in [0.25, 0.3) is 5.91 Å². The van der Waals surface area contributed by atoms with E-state index in [2.05, 4.69) is 15.3 Å². The van der Waals surface area contributed by atoms with Gasteiger partial charge in [0.05, 0.1) is 11.6 Å². The van der Waals surface area contributed by atoms with E-state index in [1.807, 2.05) is 12.1 Å². The van der Waals surface area contributed by atoms with Crippen molar-refractivity contribution in [2.75, 3.05) is 9.80 Å². The molecule has 5 rings (SSSR count). The largest absolute Gasteiger partial charge is 0.351 e. The van der Waals surface area contributed by atoms with E-state index in [9.17, 15) is 33.7 Å². The zero-order valence-electron chi connectivity index (χ0n) is 23.3. The number of carbonyl (C=O) groups excluding carboxylic acids is 3. The van der Waals surface area contributed by atoms with Gasteiger partial charge in [-0.05, 0) is 49.6 Å². The Bertz CT molecular complexity index is 1680. The fourth-order valence-corrected chi connectivity index (χ4v) is 5.78. The molecular weight excluding hydrogens is 592 g/mol. The molecule has 13 heteroatoms. The van der Waals surface area contributed by atoms with Gasteiger partial charge < -0.3 is 5.32 Å². The Kier molecular flexibility index (Phi) is 8.83. The maximum absolute atomic E-state index is 14.6. The number of benzene rings is 2. The van der Waals surface area contributed by atoms with E-state index in [0.717, 1.165) is 4.90 Å². The second kappa shape index (κ2) is 12.7. The van der Waals surface area contributed by atoms with Crippen molar-refractivity contribution in [3.63, 3.8) is 0 Å². The molecule has 3 aromatic rings. The van der Waals surface area contributed by atoms with Crippen LogP contribution in [-0.2, 0) is 14.4 Å². The van der Waals surface area contributed by atoms with E-state index < -0.39 is 41.8 Å². The summed E-state index contributed by atoms with van der Waals surface area (Å²) in [5.41, 5.74) is 0.626. The molecule has 2 heterocycles. The normalized spacial score (nSPS) is 18.6. The average molecular weight is 618 g/mol. The summed E-state index contributed by atoms with van der Waals surface area (Å²) in [6.07, 6.45) is 0.649. The highest BCUT2D eigenvalue weighted by Crippen LogP contribution is 2.37. The van der Waals surface area contributed by atoms with Crippen LogP contribution in [0.15, 0.2) is 60.8 Å². The Morgan fingerprint density at radius 3 is 2.52 bits per heavy atom. The maximum Gasteiger partial charge on any atom is 0.251 e. The number of alkyl halides is 2. The molecule has 2 aliphatic rings. The zero-order valence-corrected chi connectivity index (χ0v) is 24.0. The summed E-state index contributed by atoms with van der Waals surface area (Å²) in [5, 5.41) is 22.0. The summed E-state index contributed by atoms with van der Waals surface area (Å²) in [6, 6.07) is 14.6. The van der Waals surface area contributed by atoms with Gasteiger partial charge in [-0.3, -0.25) is 24.2 Å². The number of amides is 3. The van der Waals surface area contributed by atoms with Gasteiger partial charge in [0, 0.05) is 47.8 Å². The minimum atomic E-state index is -2.81. The van der Waals surface area contributed by atoms with Crippen LogP contribution < -0.4 is 15.1 Å². The van der Waals surface area contributed by atoms with Crippen molar-refractivity contribution in [3.05, 3.63) is 82.6 Å². The predicted molar refractivity (Wildman–Crippen MR) is 155 cm³/mol. The highest BCUT2D eigenvalue weighted by molar-refractivity contribution is 6.31. The van der Waals surface area contributed by atoms with Crippen molar-refractivity contribution < 1.29 is 23.2 Å². The van der Waals surface area contributed by atoms with Crippen LogP contribution in [0.25, 0.3) is 0 Å². The van der Waals surface area contributed by atoms with E-state index in [0.29, 0.717) is 0 Å². The number of nitrogens with zero attached hydrogens (tertiary/aromatic N) is 6. The maximum atomic E-state index is 14.6. The Morgan fingerprint density at radius 2 is 1.82 bits per heavy atom. The number of hydrogen-bond acceptors (Lipinski definition) is 7. The molecule has 10 nitrogen and oxygen atoms in total. The molecule has 44 heavy (non-hydrogen) atoms. The third-order valence-corrected chi connectivity index (χ3v) is 8.07. The highest BCUT2D eigenvalue weighted by atomic mass is 35.5. The molecule has 0 spiro atoms. The van der Waals surface area contributed by atoms with Gasteiger partial charge in [0.1, 0.15) is 23.8 Å². The molecule has 1 N–H and O–H groups in total. The average Bonchev–Trinajstić information content (AvgIpc) is 3.42. The molecule has 2 atom stereocenters. The number of halogens is 3. The Labute approximate surface area is 256 Å². The molecule has 3 amide bonds. The number of anilines is 2. The van der Waals surface area contributed by atoms with Gasteiger partial charge >= 0.3 is 0 Å². The van der Waals surface area contributed by atoms with Crippen LogP contribution in [0.5, 0.6) is 0 Å². The fourth-order valence-electron chi connectivity index (χ4n) is 5.54. The van der Waals surface area contributed by atoms with Crippen molar-refractivity contribution in [3.8, 4) is 12.1 Å². The smallest absolute Gasteiger partial charge is 0.251 e. The van der Waals surface area contributed by atoms with Crippen LogP contribution in [0.4, 0.5) is 20.4 Å². The van der Waals surface area contributed by atoms with Gasteiger partial charge in [-0.25, -0.2) is 18.7 Å². The molecule has 2 fully saturated rings. The lowest BCUT2D eigenvalue weighted by atomic mass is 9.91. The zero-order chi connectivity index (χ0) is 31.4. The van der Waals surface area contributed by atoms with Crippen molar-refractivity contribution in [2.24, 2.45) is 0 Å². The molecule has 1 saturated carbocycles. The van der Waals surface area contributed by atoms with Crippen LogP contribution in [0.1, 0.15) is 61.4 Å². The first-order chi connectivity index (χ1) is 21.1. The first kappa shape index (κ1) is 30.5. The summed E-state index contributed by atoms with van der Waals surface area (Å²) < 4.78 is 27.8. The van der Waals surface area contributed by atoms with Crippen molar-refractivity contribution in [1.29, 1.82) is 10.5 Å². The van der Waals surface area contributed by atoms with Crippen LogP contribution in [-0.4, -0.2) is 45.7 Å². The van der Waals surface area contributed by atoms with Crippen LogP contribution in [0.2, 0.25) is 5.02 Å². The van der Waals surface area contributed by atoms with E-state index in [1.54, 1.807) is 36.4 Å². The summed E-state index contributed by atoms with van der Waals surface area (Å²) in [6.45, 7) is 0. The SMILES string of the molecule is N#Cc1cccc(N(C(=O)C2CCC(=O)N2c2nccc(C#N)n2)C(C(=O)NC2CCC(F)(F)CC2)c2ccccc2Cl)c1. The minimum absolute atomic E-state index is 0.00847. The standard InChI is InChI=1S/C31H26ClF2N7O3/c32-24-7-2-1-6-23(24)27(28(43)38-20-10-13-31(33,34)14-11-20)40(22-5-3-4-19(16-22)17-35)29(44)25-8-9-26(42)41(25)30-37-15-12-21(18-36)39-30/h1-7,12,15-16,20,25,27H,8-11,13-14H2,(H,38,43). The van der Waals surface area contributed by atoms with E-state index in [4.69, 9.17) is 11.6 Å². The highest BCUT2D eigenvalue weighted by Gasteiger charge is 2.45. The molecule has 0 bridgehead atoms. The number of nitrogens with one attached hydrogen (secondary N) is 1. The summed E-state index contributed by atoms with van der Waals surface area (Å²) >= 11 is 6.59. The van der Waals surface area contributed by atoms with Gasteiger partial charge in [-0.15, -0.1) is 0 Å². The summed E-state index contributed by atoms with van der Waals surface area (Å²) in [4.78, 5) is 52.4. The molecule has 1 aromatic heterocycles. The molecule has 1 aliphatic heterocycles. The predicted octanol–water partition coefficient (Wildman–Crippen LogP) is 4.84. The van der Waals surface area contributed by atoms with E-state index in [1.165, 1.54) is 29.3 Å². The lowest BCUT2D eigenvalue weighted by Gasteiger charge is -2.37. The number of hydrogen-bond donors (Lipinski definition) is 1. The van der Waals surface area contributed by atoms with E-state index in [-0.39, 0.29) is 72.0 Å². The molecular formula is C31H26ClF2N7O3. The molecule has 0 radical (unpaired) electrons. The van der Waals surface area contributed by atoms with Crippen molar-refractivity contribution in [2.45, 2.75) is 62.6 Å². The van der Waals surface area contributed by atoms with Crippen molar-refractivity contribution in [1.82, 2.24) is 15.3 Å². The lowest BCUT2D eigenvalue weighted by molar-refractivity contribution is -0.128. The minimum Gasteiger partial charge on any atom is -0.351 e. The Hall–Kier alpha value is -4.94.